The highest BCUT2D eigenvalue weighted by atomic mass is 32.1. The van der Waals surface area contributed by atoms with Gasteiger partial charge in [-0.05, 0) is 30.9 Å². The lowest BCUT2D eigenvalue weighted by molar-refractivity contribution is 0.449. The van der Waals surface area contributed by atoms with Crippen LogP contribution >= 0.6 is 11.3 Å². The quantitative estimate of drug-likeness (QED) is 0.864. The average Bonchev–Trinajstić information content (AvgIpc) is 2.77. The molecule has 0 spiro atoms. The van der Waals surface area contributed by atoms with E-state index in [4.69, 9.17) is 4.42 Å². The minimum absolute atomic E-state index is 0.686. The van der Waals surface area contributed by atoms with Crippen LogP contribution in [0.4, 0.5) is 0 Å². The van der Waals surface area contributed by atoms with E-state index in [0.29, 0.717) is 6.54 Å². The van der Waals surface area contributed by atoms with Crippen molar-refractivity contribution in [3.63, 3.8) is 0 Å². The highest BCUT2D eigenvalue weighted by Crippen LogP contribution is 2.14. The summed E-state index contributed by atoms with van der Waals surface area (Å²) in [6.07, 6.45) is 1.74. The number of nitrogens with one attached hydrogen (secondary N) is 1. The molecule has 0 unspecified atom stereocenters. The molecule has 0 aromatic carbocycles. The van der Waals surface area contributed by atoms with Gasteiger partial charge in [0.2, 0.25) is 5.89 Å². The van der Waals surface area contributed by atoms with Crippen molar-refractivity contribution >= 4 is 11.3 Å². The van der Waals surface area contributed by atoms with Crippen LogP contribution in [0.25, 0.3) is 0 Å². The van der Waals surface area contributed by atoms with E-state index in [1.54, 1.807) is 17.5 Å². The second-order valence-electron chi connectivity index (χ2n) is 3.49. The van der Waals surface area contributed by atoms with Crippen LogP contribution in [0, 0.1) is 13.8 Å². The van der Waals surface area contributed by atoms with Crippen LogP contribution in [-0.4, -0.2) is 4.98 Å². The first-order valence-corrected chi connectivity index (χ1v) is 5.78. The summed E-state index contributed by atoms with van der Waals surface area (Å²) in [5.74, 6) is 1.61. The van der Waals surface area contributed by atoms with E-state index >= 15 is 0 Å². The summed E-state index contributed by atoms with van der Waals surface area (Å²) < 4.78 is 5.36. The molecule has 0 bridgehead atoms. The molecule has 0 aliphatic rings. The minimum atomic E-state index is 0.686. The molecule has 3 nitrogen and oxygen atoms in total. The van der Waals surface area contributed by atoms with E-state index in [1.807, 2.05) is 6.92 Å². The molecule has 2 aromatic rings. The molecule has 1 N–H and O–H groups in total. The van der Waals surface area contributed by atoms with E-state index in [1.165, 1.54) is 10.4 Å². The Morgan fingerprint density at radius 3 is 2.87 bits per heavy atom. The summed E-state index contributed by atoms with van der Waals surface area (Å²) in [7, 11) is 0. The van der Waals surface area contributed by atoms with Crippen LogP contribution in [0.2, 0.25) is 0 Å². The maximum absolute atomic E-state index is 5.36. The Balaban J connectivity index is 1.83. The Morgan fingerprint density at radius 2 is 2.27 bits per heavy atom. The van der Waals surface area contributed by atoms with Crippen LogP contribution in [0.1, 0.15) is 22.1 Å². The molecule has 0 fully saturated rings. The van der Waals surface area contributed by atoms with Crippen molar-refractivity contribution in [2.45, 2.75) is 26.9 Å². The van der Waals surface area contributed by atoms with Crippen molar-refractivity contribution in [2.75, 3.05) is 0 Å². The third-order valence-corrected chi connectivity index (χ3v) is 3.22. The predicted molar refractivity (Wildman–Crippen MR) is 60.8 cm³/mol. The molecule has 2 rings (SSSR count). The molecule has 2 heterocycles. The zero-order valence-electron chi connectivity index (χ0n) is 8.91. The Labute approximate surface area is 93.2 Å². The molecule has 15 heavy (non-hydrogen) atoms. The summed E-state index contributed by atoms with van der Waals surface area (Å²) in [4.78, 5) is 5.50. The number of hydrogen-bond donors (Lipinski definition) is 1. The summed E-state index contributed by atoms with van der Waals surface area (Å²) in [5, 5.41) is 5.43. The minimum Gasteiger partial charge on any atom is -0.445 e. The Bertz CT molecular complexity index is 433. The first kappa shape index (κ1) is 10.4. The number of thiophene rings is 1. The standard InChI is InChI=1S/C11H14N2OS/c1-8-3-4-15-10(8)6-12-7-11-13-5-9(2)14-11/h3-5,12H,6-7H2,1-2H3. The van der Waals surface area contributed by atoms with Gasteiger partial charge in [-0.25, -0.2) is 4.98 Å². The second kappa shape index (κ2) is 4.59. The van der Waals surface area contributed by atoms with Crippen LogP contribution in [0.5, 0.6) is 0 Å². The van der Waals surface area contributed by atoms with Gasteiger partial charge in [0.1, 0.15) is 5.76 Å². The van der Waals surface area contributed by atoms with E-state index in [9.17, 15) is 0 Å². The van der Waals surface area contributed by atoms with Gasteiger partial charge in [0.05, 0.1) is 12.7 Å². The summed E-state index contributed by atoms with van der Waals surface area (Å²) >= 11 is 1.78. The average molecular weight is 222 g/mol. The van der Waals surface area contributed by atoms with Gasteiger partial charge in [0.25, 0.3) is 0 Å². The Morgan fingerprint density at radius 1 is 1.40 bits per heavy atom. The zero-order chi connectivity index (χ0) is 10.7. The largest absolute Gasteiger partial charge is 0.445 e. The molecular formula is C11H14N2OS. The number of oxazole rings is 1. The fraction of sp³-hybridized carbons (Fsp3) is 0.364. The van der Waals surface area contributed by atoms with Gasteiger partial charge in [0.15, 0.2) is 0 Å². The van der Waals surface area contributed by atoms with Crippen molar-refractivity contribution in [1.82, 2.24) is 10.3 Å². The third kappa shape index (κ3) is 2.67. The van der Waals surface area contributed by atoms with Crippen molar-refractivity contribution < 1.29 is 4.42 Å². The summed E-state index contributed by atoms with van der Waals surface area (Å²) in [6, 6.07) is 2.14. The fourth-order valence-electron chi connectivity index (χ4n) is 1.35. The van der Waals surface area contributed by atoms with Gasteiger partial charge < -0.3 is 9.73 Å². The maximum atomic E-state index is 5.36. The lowest BCUT2D eigenvalue weighted by Gasteiger charge is -2.00. The first-order chi connectivity index (χ1) is 7.25. The Hall–Kier alpha value is -1.13. The first-order valence-electron chi connectivity index (χ1n) is 4.90. The van der Waals surface area contributed by atoms with Crippen LogP contribution < -0.4 is 5.32 Å². The number of aryl methyl sites for hydroxylation is 2. The second-order valence-corrected chi connectivity index (χ2v) is 4.50. The van der Waals surface area contributed by atoms with Crippen molar-refractivity contribution in [1.29, 1.82) is 0 Å². The van der Waals surface area contributed by atoms with E-state index in [0.717, 1.165) is 18.2 Å². The molecule has 80 valence electrons. The van der Waals surface area contributed by atoms with Crippen LogP contribution in [0.15, 0.2) is 22.1 Å². The van der Waals surface area contributed by atoms with Crippen LogP contribution in [-0.2, 0) is 13.1 Å². The fourth-order valence-corrected chi connectivity index (χ4v) is 2.23. The number of rotatable bonds is 4. The Kier molecular flexibility index (Phi) is 3.18. The van der Waals surface area contributed by atoms with E-state index in [2.05, 4.69) is 28.7 Å². The zero-order valence-corrected chi connectivity index (χ0v) is 9.73. The van der Waals surface area contributed by atoms with E-state index < -0.39 is 0 Å². The monoisotopic (exact) mass is 222 g/mol. The van der Waals surface area contributed by atoms with Crippen molar-refractivity contribution in [2.24, 2.45) is 0 Å². The van der Waals surface area contributed by atoms with Gasteiger partial charge in [0, 0.05) is 11.4 Å². The smallest absolute Gasteiger partial charge is 0.208 e. The third-order valence-electron chi connectivity index (χ3n) is 2.20. The van der Waals surface area contributed by atoms with Crippen molar-refractivity contribution in [3.8, 4) is 0 Å². The summed E-state index contributed by atoms with van der Waals surface area (Å²) in [5.41, 5.74) is 1.34. The highest BCUT2D eigenvalue weighted by molar-refractivity contribution is 7.10. The van der Waals surface area contributed by atoms with E-state index in [-0.39, 0.29) is 0 Å². The highest BCUT2D eigenvalue weighted by Gasteiger charge is 2.02. The van der Waals surface area contributed by atoms with Gasteiger partial charge in [-0.1, -0.05) is 0 Å². The van der Waals surface area contributed by atoms with Gasteiger partial charge in [-0.2, -0.15) is 0 Å². The van der Waals surface area contributed by atoms with Gasteiger partial charge >= 0.3 is 0 Å². The maximum Gasteiger partial charge on any atom is 0.208 e. The molecule has 0 amide bonds. The molecular weight excluding hydrogens is 208 g/mol. The normalized spacial score (nSPS) is 10.8. The molecule has 0 saturated heterocycles. The van der Waals surface area contributed by atoms with Gasteiger partial charge in [-0.3, -0.25) is 0 Å². The lowest BCUT2D eigenvalue weighted by atomic mass is 10.3. The number of aromatic nitrogens is 1. The predicted octanol–water partition coefficient (Wildman–Crippen LogP) is 2.64. The molecule has 4 heteroatoms. The number of nitrogens with zero attached hydrogens (tertiary/aromatic N) is 1. The molecule has 2 aromatic heterocycles. The van der Waals surface area contributed by atoms with Gasteiger partial charge in [-0.15, -0.1) is 11.3 Å². The SMILES string of the molecule is Cc1cnc(CNCc2sccc2C)o1. The molecule has 0 aliphatic carbocycles. The molecule has 0 aliphatic heterocycles. The molecule has 0 radical (unpaired) electrons. The molecule has 0 atom stereocenters. The molecule has 0 saturated carbocycles. The van der Waals surface area contributed by atoms with Crippen LogP contribution in [0.3, 0.4) is 0 Å². The summed E-state index contributed by atoms with van der Waals surface area (Å²) in [6.45, 7) is 5.60. The van der Waals surface area contributed by atoms with Crippen molar-refractivity contribution in [3.05, 3.63) is 39.7 Å². The topological polar surface area (TPSA) is 38.1 Å². The number of hydrogen-bond acceptors (Lipinski definition) is 4. The lowest BCUT2D eigenvalue weighted by Crippen LogP contribution is -2.12.